The van der Waals surface area contributed by atoms with Gasteiger partial charge in [0.25, 0.3) is 5.91 Å². The lowest BCUT2D eigenvalue weighted by Gasteiger charge is -2.22. The molecule has 3 rings (SSSR count). The molecule has 25 heavy (non-hydrogen) atoms. The van der Waals surface area contributed by atoms with Crippen LogP contribution in [0.5, 0.6) is 5.75 Å². The predicted octanol–water partition coefficient (Wildman–Crippen LogP) is 2.38. The lowest BCUT2D eigenvalue weighted by atomic mass is 10.1. The van der Waals surface area contributed by atoms with E-state index in [9.17, 15) is 14.4 Å². The molecule has 1 heterocycles. The minimum Gasteiger partial charge on any atom is -0.496 e. The van der Waals surface area contributed by atoms with Crippen molar-refractivity contribution in [2.24, 2.45) is 0 Å². The lowest BCUT2D eigenvalue weighted by Crippen LogP contribution is -2.32. The molecule has 0 radical (unpaired) electrons. The number of nitrogens with one attached hydrogen (secondary N) is 1. The highest BCUT2D eigenvalue weighted by Crippen LogP contribution is 2.30. The number of hydrogen-bond acceptors (Lipinski definition) is 4. The standard InChI is InChI=1S/C18H16N2O5/c1-25-15-10-11(6-7-12(15)18(23)24)17(22)20-9-8-16(21)19-13-4-2-3-5-14(13)20/h2-7,10H,8-9H2,1H3,(H,19,21)(H,23,24). The van der Waals surface area contributed by atoms with Gasteiger partial charge < -0.3 is 20.1 Å². The molecule has 0 saturated heterocycles. The highest BCUT2D eigenvalue weighted by Gasteiger charge is 2.25. The van der Waals surface area contributed by atoms with Crippen LogP contribution in [0.3, 0.4) is 0 Å². The molecule has 7 nitrogen and oxygen atoms in total. The molecule has 1 aliphatic rings. The summed E-state index contributed by atoms with van der Waals surface area (Å²) in [6.45, 7) is 0.227. The molecule has 2 N–H and O–H groups in total. The van der Waals surface area contributed by atoms with Gasteiger partial charge in [-0.2, -0.15) is 0 Å². The monoisotopic (exact) mass is 340 g/mol. The molecule has 0 unspecified atom stereocenters. The second-order valence-corrected chi connectivity index (χ2v) is 5.49. The molecule has 0 aliphatic carbocycles. The first kappa shape index (κ1) is 16.5. The van der Waals surface area contributed by atoms with Crippen LogP contribution in [0.25, 0.3) is 0 Å². The van der Waals surface area contributed by atoms with Gasteiger partial charge in [0.05, 0.1) is 18.5 Å². The Kier molecular flexibility index (Phi) is 4.38. The number of benzene rings is 2. The van der Waals surface area contributed by atoms with Crippen molar-refractivity contribution in [3.8, 4) is 5.75 Å². The molecular formula is C18H16N2O5. The third-order valence-corrected chi connectivity index (χ3v) is 3.96. The van der Waals surface area contributed by atoms with E-state index in [1.54, 1.807) is 24.3 Å². The number of carbonyl (C=O) groups excluding carboxylic acids is 2. The Morgan fingerprint density at radius 2 is 1.96 bits per heavy atom. The Bertz CT molecular complexity index is 862. The zero-order valence-electron chi connectivity index (χ0n) is 13.5. The van der Waals surface area contributed by atoms with Crippen LogP contribution in [0, 0.1) is 0 Å². The highest BCUT2D eigenvalue weighted by atomic mass is 16.5. The van der Waals surface area contributed by atoms with E-state index in [0.717, 1.165) is 0 Å². The normalized spacial score (nSPS) is 13.5. The average molecular weight is 340 g/mol. The number of rotatable bonds is 3. The summed E-state index contributed by atoms with van der Waals surface area (Å²) in [6, 6.07) is 11.2. The molecule has 0 spiro atoms. The molecular weight excluding hydrogens is 324 g/mol. The number of methoxy groups -OCH3 is 1. The molecule has 0 atom stereocenters. The number of nitrogens with zero attached hydrogens (tertiary/aromatic N) is 1. The van der Waals surface area contributed by atoms with E-state index in [1.807, 2.05) is 0 Å². The van der Waals surface area contributed by atoms with Crippen LogP contribution in [0.1, 0.15) is 27.1 Å². The number of para-hydroxylation sites is 2. The molecule has 128 valence electrons. The minimum atomic E-state index is -1.13. The van der Waals surface area contributed by atoms with E-state index in [2.05, 4.69) is 5.32 Å². The molecule has 0 aromatic heterocycles. The Morgan fingerprint density at radius 3 is 2.68 bits per heavy atom. The van der Waals surface area contributed by atoms with Crippen molar-refractivity contribution in [1.82, 2.24) is 0 Å². The van der Waals surface area contributed by atoms with Crippen molar-refractivity contribution < 1.29 is 24.2 Å². The molecule has 2 aromatic carbocycles. The summed E-state index contributed by atoms with van der Waals surface area (Å²) in [4.78, 5) is 37.5. The molecule has 1 aliphatic heterocycles. The number of anilines is 2. The van der Waals surface area contributed by atoms with Gasteiger partial charge in [0.1, 0.15) is 11.3 Å². The number of ether oxygens (including phenoxy) is 1. The SMILES string of the molecule is COc1cc(C(=O)N2CCC(=O)Nc3ccccc32)ccc1C(=O)O. The first-order valence-corrected chi connectivity index (χ1v) is 7.63. The van der Waals surface area contributed by atoms with Crippen molar-refractivity contribution >= 4 is 29.2 Å². The third kappa shape index (κ3) is 3.16. The van der Waals surface area contributed by atoms with E-state index in [4.69, 9.17) is 9.84 Å². The van der Waals surface area contributed by atoms with Crippen LogP contribution < -0.4 is 15.0 Å². The van der Waals surface area contributed by atoms with E-state index < -0.39 is 5.97 Å². The number of carbonyl (C=O) groups is 3. The fraction of sp³-hybridized carbons (Fsp3) is 0.167. The van der Waals surface area contributed by atoms with Gasteiger partial charge in [0.2, 0.25) is 5.91 Å². The Balaban J connectivity index is 2.01. The summed E-state index contributed by atoms with van der Waals surface area (Å²) in [7, 11) is 1.35. The quantitative estimate of drug-likeness (QED) is 0.894. The van der Waals surface area contributed by atoms with Gasteiger partial charge in [-0.1, -0.05) is 12.1 Å². The van der Waals surface area contributed by atoms with Gasteiger partial charge in [-0.25, -0.2) is 4.79 Å². The maximum absolute atomic E-state index is 13.0. The third-order valence-electron chi connectivity index (χ3n) is 3.96. The van der Waals surface area contributed by atoms with Crippen molar-refractivity contribution in [2.75, 3.05) is 23.9 Å². The smallest absolute Gasteiger partial charge is 0.339 e. The van der Waals surface area contributed by atoms with Crippen molar-refractivity contribution in [3.63, 3.8) is 0 Å². The molecule has 2 aromatic rings. The summed E-state index contributed by atoms with van der Waals surface area (Å²) in [5.41, 5.74) is 1.42. The van der Waals surface area contributed by atoms with Gasteiger partial charge >= 0.3 is 5.97 Å². The fourth-order valence-electron chi connectivity index (χ4n) is 2.73. The number of hydrogen-bond donors (Lipinski definition) is 2. The van der Waals surface area contributed by atoms with Crippen molar-refractivity contribution in [1.29, 1.82) is 0 Å². The molecule has 2 amide bonds. The number of carboxylic acid groups (broad SMARTS) is 1. The first-order chi connectivity index (χ1) is 12.0. The van der Waals surface area contributed by atoms with Crippen LogP contribution in [0.2, 0.25) is 0 Å². The van der Waals surface area contributed by atoms with Gasteiger partial charge in [0.15, 0.2) is 0 Å². The van der Waals surface area contributed by atoms with Crippen LogP contribution in [-0.4, -0.2) is 36.5 Å². The Morgan fingerprint density at radius 1 is 1.20 bits per heavy atom. The fourth-order valence-corrected chi connectivity index (χ4v) is 2.73. The second-order valence-electron chi connectivity index (χ2n) is 5.49. The van der Waals surface area contributed by atoms with Gasteiger partial charge in [0, 0.05) is 18.5 Å². The van der Waals surface area contributed by atoms with E-state index in [1.165, 1.54) is 30.2 Å². The summed E-state index contributed by atoms with van der Waals surface area (Å²) < 4.78 is 5.08. The highest BCUT2D eigenvalue weighted by molar-refractivity contribution is 6.11. The zero-order valence-corrected chi connectivity index (χ0v) is 13.5. The van der Waals surface area contributed by atoms with Gasteiger partial charge in [-0.05, 0) is 30.3 Å². The van der Waals surface area contributed by atoms with Crippen molar-refractivity contribution in [2.45, 2.75) is 6.42 Å². The summed E-state index contributed by atoms with van der Waals surface area (Å²) in [5.74, 6) is -1.53. The van der Waals surface area contributed by atoms with Crippen LogP contribution in [-0.2, 0) is 4.79 Å². The van der Waals surface area contributed by atoms with E-state index in [0.29, 0.717) is 11.4 Å². The molecule has 0 fully saturated rings. The second kappa shape index (κ2) is 6.64. The Labute approximate surface area is 143 Å². The topological polar surface area (TPSA) is 95.9 Å². The van der Waals surface area contributed by atoms with Gasteiger partial charge in [-0.3, -0.25) is 9.59 Å². The van der Waals surface area contributed by atoms with E-state index >= 15 is 0 Å². The maximum Gasteiger partial charge on any atom is 0.339 e. The van der Waals surface area contributed by atoms with Crippen LogP contribution >= 0.6 is 0 Å². The summed E-state index contributed by atoms with van der Waals surface area (Å²) in [6.07, 6.45) is 0.171. The Hall–Kier alpha value is -3.35. The minimum absolute atomic E-state index is 0.0211. The lowest BCUT2D eigenvalue weighted by molar-refractivity contribution is -0.115. The summed E-state index contributed by atoms with van der Waals surface area (Å²) in [5, 5.41) is 11.9. The van der Waals surface area contributed by atoms with Crippen molar-refractivity contribution in [3.05, 3.63) is 53.6 Å². The predicted molar refractivity (Wildman–Crippen MR) is 91.3 cm³/mol. The molecule has 0 saturated carbocycles. The average Bonchev–Trinajstić information content (AvgIpc) is 2.78. The largest absolute Gasteiger partial charge is 0.496 e. The van der Waals surface area contributed by atoms with Crippen LogP contribution in [0.4, 0.5) is 11.4 Å². The number of aromatic carboxylic acids is 1. The maximum atomic E-state index is 13.0. The molecule has 0 bridgehead atoms. The number of amides is 2. The number of fused-ring (bicyclic) bond motifs is 1. The van der Waals surface area contributed by atoms with Gasteiger partial charge in [-0.15, -0.1) is 0 Å². The first-order valence-electron chi connectivity index (χ1n) is 7.63. The summed E-state index contributed by atoms with van der Waals surface area (Å²) >= 11 is 0. The van der Waals surface area contributed by atoms with Crippen LogP contribution in [0.15, 0.2) is 42.5 Å². The molecule has 7 heteroatoms. The zero-order chi connectivity index (χ0) is 18.0. The number of carboxylic acids is 1. The van der Waals surface area contributed by atoms with E-state index in [-0.39, 0.29) is 41.7 Å².